The number of amides is 1. The Hall–Kier alpha value is -4.34. The summed E-state index contributed by atoms with van der Waals surface area (Å²) in [7, 11) is -2.51. The summed E-state index contributed by atoms with van der Waals surface area (Å²) < 4.78 is 56.9. The van der Waals surface area contributed by atoms with Gasteiger partial charge in [-0.2, -0.15) is 9.29 Å². The first-order valence-electron chi connectivity index (χ1n) is 16.6. The van der Waals surface area contributed by atoms with Crippen molar-refractivity contribution in [2.45, 2.75) is 56.1 Å². The van der Waals surface area contributed by atoms with Crippen molar-refractivity contribution in [2.24, 2.45) is 11.8 Å². The Balaban J connectivity index is 1.18. The molecule has 3 heterocycles. The van der Waals surface area contributed by atoms with Crippen LogP contribution in [0.25, 0.3) is 22.8 Å². The zero-order chi connectivity index (χ0) is 35.3. The first-order valence-corrected chi connectivity index (χ1v) is 18.1. The number of alkyl carbamates (subject to hydrolysis) is 1. The molecule has 2 N–H and O–H groups in total. The lowest BCUT2D eigenvalue weighted by Crippen LogP contribution is -2.51. The fraction of sp³-hybridized carbons (Fsp3) is 0.417. The van der Waals surface area contributed by atoms with Gasteiger partial charge in [0.15, 0.2) is 6.29 Å². The number of nitrogens with zero attached hydrogens (tertiary/aromatic N) is 3. The summed E-state index contributed by atoms with van der Waals surface area (Å²) in [5.41, 5.74) is 2.10. The highest BCUT2D eigenvalue weighted by Gasteiger charge is 2.44. The summed E-state index contributed by atoms with van der Waals surface area (Å²) in [6.45, 7) is 4.44. The van der Waals surface area contributed by atoms with Gasteiger partial charge in [0.1, 0.15) is 11.9 Å². The Morgan fingerprint density at radius 1 is 1.02 bits per heavy atom. The van der Waals surface area contributed by atoms with E-state index in [9.17, 15) is 18.3 Å². The molecule has 0 aliphatic carbocycles. The summed E-state index contributed by atoms with van der Waals surface area (Å²) in [5, 5.41) is 18.5. The summed E-state index contributed by atoms with van der Waals surface area (Å²) in [4.78, 5) is 17.6. The molecule has 50 heavy (non-hydrogen) atoms. The van der Waals surface area contributed by atoms with Crippen molar-refractivity contribution in [3.63, 3.8) is 0 Å². The summed E-state index contributed by atoms with van der Waals surface area (Å²) in [5.74, 6) is 1.13. The van der Waals surface area contributed by atoms with Crippen molar-refractivity contribution in [2.75, 3.05) is 33.4 Å². The van der Waals surface area contributed by atoms with Crippen LogP contribution in [-0.4, -0.2) is 92.0 Å². The molecule has 1 amide bonds. The van der Waals surface area contributed by atoms with E-state index in [-0.39, 0.29) is 49.1 Å². The molecule has 266 valence electrons. The molecule has 1 aromatic heterocycles. The lowest BCUT2D eigenvalue weighted by molar-refractivity contribution is -0.0907. The maximum Gasteiger partial charge on any atom is 0.407 e. The molecule has 14 heteroatoms. The van der Waals surface area contributed by atoms with Gasteiger partial charge in [0.2, 0.25) is 15.8 Å². The van der Waals surface area contributed by atoms with Crippen LogP contribution in [0.4, 0.5) is 4.79 Å². The topological polar surface area (TPSA) is 163 Å². The van der Waals surface area contributed by atoms with Crippen LogP contribution in [-0.2, 0) is 30.7 Å². The fourth-order valence-electron chi connectivity index (χ4n) is 6.17. The summed E-state index contributed by atoms with van der Waals surface area (Å²) in [6.07, 6.45) is -1.87. The van der Waals surface area contributed by atoms with E-state index in [2.05, 4.69) is 15.5 Å². The zero-order valence-corrected chi connectivity index (χ0v) is 29.0. The van der Waals surface area contributed by atoms with E-state index in [0.29, 0.717) is 35.2 Å². The standard InChI is InChI=1S/C36H42N4O9S/c1-23(2)20-40(50(43,44)28-14-12-25(13-15-28)33-38-34(49-39-33)26-10-7-11-27(19-26)45-3)21-31(41)30(18-24-8-5-4-6-9-24)37-36(42)48-32-22-47-35-29(32)16-17-46-35/h4-15,19,23,29-32,35,41H,16-18,20-22H2,1-3H3,(H,37,42)/t29?,30-,31+,32?,35?/m0/s1. The minimum absolute atomic E-state index is 0.0344. The number of benzene rings is 3. The zero-order valence-electron chi connectivity index (χ0n) is 28.2. The molecule has 4 aromatic rings. The van der Waals surface area contributed by atoms with E-state index in [1.165, 1.54) is 16.4 Å². The van der Waals surface area contributed by atoms with Crippen molar-refractivity contribution < 1.29 is 41.8 Å². The average molecular weight is 707 g/mol. The van der Waals surface area contributed by atoms with Crippen molar-refractivity contribution in [3.05, 3.63) is 84.4 Å². The van der Waals surface area contributed by atoms with Crippen LogP contribution in [0.2, 0.25) is 0 Å². The Labute approximate surface area is 291 Å². The molecule has 2 aliphatic rings. The van der Waals surface area contributed by atoms with Crippen LogP contribution in [0.5, 0.6) is 5.75 Å². The van der Waals surface area contributed by atoms with E-state index in [1.54, 1.807) is 25.3 Å². The highest BCUT2D eigenvalue weighted by Crippen LogP contribution is 2.33. The van der Waals surface area contributed by atoms with Crippen molar-refractivity contribution >= 4 is 16.1 Å². The number of hydrogen-bond acceptors (Lipinski definition) is 11. The van der Waals surface area contributed by atoms with E-state index in [4.69, 9.17) is 23.5 Å². The van der Waals surface area contributed by atoms with E-state index < -0.39 is 34.4 Å². The third-order valence-corrected chi connectivity index (χ3v) is 10.6. The second-order valence-corrected chi connectivity index (χ2v) is 14.8. The molecule has 3 unspecified atom stereocenters. The molecule has 13 nitrogen and oxygen atoms in total. The number of sulfonamides is 1. The number of aromatic nitrogens is 2. The van der Waals surface area contributed by atoms with Crippen LogP contribution in [0.15, 0.2) is 88.3 Å². The number of fused-ring (bicyclic) bond motifs is 1. The maximum atomic E-state index is 14.1. The van der Waals surface area contributed by atoms with Gasteiger partial charge in [0.25, 0.3) is 5.89 Å². The predicted molar refractivity (Wildman–Crippen MR) is 182 cm³/mol. The Morgan fingerprint density at radius 2 is 1.80 bits per heavy atom. The molecule has 3 aromatic carbocycles. The molecular formula is C36H42N4O9S. The average Bonchev–Trinajstić information content (AvgIpc) is 3.88. The number of rotatable bonds is 14. The van der Waals surface area contributed by atoms with Crippen LogP contribution in [0.3, 0.4) is 0 Å². The molecule has 2 fully saturated rings. The lowest BCUT2D eigenvalue weighted by Gasteiger charge is -2.31. The summed E-state index contributed by atoms with van der Waals surface area (Å²) in [6, 6.07) is 21.9. The normalized spacial score (nSPS) is 20.1. The molecule has 0 spiro atoms. The number of carbonyl (C=O) groups excluding carboxylic acids is 1. The number of aliphatic hydroxyl groups excluding tert-OH is 1. The number of methoxy groups -OCH3 is 1. The van der Waals surface area contributed by atoms with Crippen molar-refractivity contribution in [1.29, 1.82) is 0 Å². The SMILES string of the molecule is COc1cccc(-c2nc(-c3ccc(S(=O)(=O)N(CC(C)C)C[C@@H](O)[C@H](Cc4ccccc4)NC(=O)OC4COC5OCCC45)cc3)no2)c1. The number of nitrogens with one attached hydrogen (secondary N) is 1. The Kier molecular flexibility index (Phi) is 11.1. The number of carbonyl (C=O) groups is 1. The van der Waals surface area contributed by atoms with E-state index in [0.717, 1.165) is 12.0 Å². The third kappa shape index (κ3) is 8.33. The van der Waals surface area contributed by atoms with Gasteiger partial charge >= 0.3 is 6.09 Å². The highest BCUT2D eigenvalue weighted by molar-refractivity contribution is 7.89. The van der Waals surface area contributed by atoms with E-state index in [1.807, 2.05) is 62.4 Å². The smallest absolute Gasteiger partial charge is 0.407 e. The monoisotopic (exact) mass is 706 g/mol. The van der Waals surface area contributed by atoms with Crippen LogP contribution in [0, 0.1) is 11.8 Å². The molecule has 0 radical (unpaired) electrons. The van der Waals surface area contributed by atoms with Crippen molar-refractivity contribution in [1.82, 2.24) is 19.8 Å². The van der Waals surface area contributed by atoms with Gasteiger partial charge in [0.05, 0.1) is 43.3 Å². The maximum absolute atomic E-state index is 14.1. The summed E-state index contributed by atoms with van der Waals surface area (Å²) >= 11 is 0. The molecule has 6 rings (SSSR count). The second-order valence-electron chi connectivity index (χ2n) is 12.9. The van der Waals surface area contributed by atoms with Gasteiger partial charge in [-0.15, -0.1) is 0 Å². The van der Waals surface area contributed by atoms with Gasteiger partial charge in [0, 0.05) is 24.2 Å². The molecule has 0 bridgehead atoms. The minimum atomic E-state index is -4.08. The van der Waals surface area contributed by atoms with Gasteiger partial charge < -0.3 is 33.9 Å². The lowest BCUT2D eigenvalue weighted by atomic mass is 10.0. The van der Waals surface area contributed by atoms with Gasteiger partial charge in [-0.3, -0.25) is 0 Å². The van der Waals surface area contributed by atoms with Gasteiger partial charge in [-0.05, 0) is 66.8 Å². The largest absolute Gasteiger partial charge is 0.497 e. The predicted octanol–water partition coefficient (Wildman–Crippen LogP) is 4.52. The fourth-order valence-corrected chi connectivity index (χ4v) is 7.80. The van der Waals surface area contributed by atoms with Gasteiger partial charge in [-0.1, -0.05) is 55.4 Å². The first-order chi connectivity index (χ1) is 24.1. The third-order valence-electron chi connectivity index (χ3n) is 8.76. The first kappa shape index (κ1) is 35.5. The molecule has 2 aliphatic heterocycles. The van der Waals surface area contributed by atoms with Crippen LogP contribution >= 0.6 is 0 Å². The van der Waals surface area contributed by atoms with Crippen LogP contribution < -0.4 is 10.1 Å². The minimum Gasteiger partial charge on any atom is -0.497 e. The molecular weight excluding hydrogens is 664 g/mol. The number of ether oxygens (including phenoxy) is 4. The Morgan fingerprint density at radius 3 is 2.54 bits per heavy atom. The molecule has 2 saturated heterocycles. The molecule has 5 atom stereocenters. The van der Waals surface area contributed by atoms with E-state index >= 15 is 0 Å². The van der Waals surface area contributed by atoms with Gasteiger partial charge in [-0.25, -0.2) is 13.2 Å². The Bertz CT molecular complexity index is 1840. The van der Waals surface area contributed by atoms with Crippen LogP contribution in [0.1, 0.15) is 25.8 Å². The van der Waals surface area contributed by atoms with Crippen molar-refractivity contribution in [3.8, 4) is 28.6 Å². The number of hydrogen-bond donors (Lipinski definition) is 2. The molecule has 0 saturated carbocycles. The second kappa shape index (κ2) is 15.7. The number of aliphatic hydroxyl groups is 1. The quantitative estimate of drug-likeness (QED) is 0.190. The highest BCUT2D eigenvalue weighted by atomic mass is 32.2.